The van der Waals surface area contributed by atoms with E-state index in [9.17, 15) is 13.2 Å². The van der Waals surface area contributed by atoms with Gasteiger partial charge in [0.1, 0.15) is 4.21 Å². The number of carbonyl (C=O) groups is 1. The molecular formula is C15H15NO4S2. The van der Waals surface area contributed by atoms with Crippen LogP contribution in [0.1, 0.15) is 28.5 Å². The number of rotatable bonds is 5. The van der Waals surface area contributed by atoms with Crippen LogP contribution < -0.4 is 4.72 Å². The monoisotopic (exact) mass is 337 g/mol. The molecule has 5 nitrogen and oxygen atoms in total. The highest BCUT2D eigenvalue weighted by atomic mass is 32.2. The number of nitrogens with one attached hydrogen (secondary N) is 1. The van der Waals surface area contributed by atoms with Crippen molar-refractivity contribution in [1.29, 1.82) is 0 Å². The number of sulfonamides is 1. The molecule has 22 heavy (non-hydrogen) atoms. The lowest BCUT2D eigenvalue weighted by atomic mass is 10.1. The van der Waals surface area contributed by atoms with Crippen LogP contribution in [0.15, 0.2) is 40.6 Å². The molecule has 1 atom stereocenters. The summed E-state index contributed by atoms with van der Waals surface area (Å²) in [5.74, 6) is -0.969. The summed E-state index contributed by atoms with van der Waals surface area (Å²) in [7, 11) is -3.63. The molecule has 3 rings (SSSR count). The van der Waals surface area contributed by atoms with E-state index >= 15 is 0 Å². The van der Waals surface area contributed by atoms with E-state index in [2.05, 4.69) is 4.72 Å². The normalized spacial score (nSPS) is 17.4. The third kappa shape index (κ3) is 3.06. The molecule has 2 N–H and O–H groups in total. The van der Waals surface area contributed by atoms with Crippen LogP contribution in [0.3, 0.4) is 0 Å². The van der Waals surface area contributed by atoms with Crippen LogP contribution in [0.25, 0.3) is 0 Å². The zero-order chi connectivity index (χ0) is 15.7. The second-order valence-corrected chi connectivity index (χ2v) is 8.31. The van der Waals surface area contributed by atoms with Crippen molar-refractivity contribution in [2.24, 2.45) is 0 Å². The fourth-order valence-corrected chi connectivity index (χ4v) is 5.28. The maximum atomic E-state index is 12.4. The van der Waals surface area contributed by atoms with E-state index in [1.54, 1.807) is 6.07 Å². The van der Waals surface area contributed by atoms with Gasteiger partial charge in [-0.3, -0.25) is 4.79 Å². The minimum atomic E-state index is -3.63. The standard InChI is InChI=1S/C15H15NO4S2/c17-14(18)9-11-6-8-15(21-11)22(19,20)16-13-7-5-10-3-1-2-4-12(10)13/h1-4,6,8,13,16H,5,7,9H2,(H,17,18). The molecule has 0 fully saturated rings. The van der Waals surface area contributed by atoms with Crippen molar-refractivity contribution < 1.29 is 18.3 Å². The molecule has 0 spiro atoms. The van der Waals surface area contributed by atoms with Gasteiger partial charge >= 0.3 is 5.97 Å². The molecule has 116 valence electrons. The molecule has 1 aliphatic rings. The van der Waals surface area contributed by atoms with Gasteiger partial charge in [0.2, 0.25) is 0 Å². The fraction of sp³-hybridized carbons (Fsp3) is 0.267. The average molecular weight is 337 g/mol. The summed E-state index contributed by atoms with van der Waals surface area (Å²) >= 11 is 1.00. The molecule has 1 unspecified atom stereocenters. The van der Waals surface area contributed by atoms with Gasteiger partial charge in [-0.25, -0.2) is 13.1 Å². The Bertz CT molecular complexity index is 810. The smallest absolute Gasteiger partial charge is 0.308 e. The highest BCUT2D eigenvalue weighted by Gasteiger charge is 2.28. The second-order valence-electron chi connectivity index (χ2n) is 5.20. The van der Waals surface area contributed by atoms with Crippen LogP contribution >= 0.6 is 11.3 Å². The molecule has 7 heteroatoms. The van der Waals surface area contributed by atoms with Crippen LogP contribution in [0.5, 0.6) is 0 Å². The van der Waals surface area contributed by atoms with Gasteiger partial charge in [0, 0.05) is 10.9 Å². The molecule has 1 aromatic carbocycles. The SMILES string of the molecule is O=C(O)Cc1ccc(S(=O)(=O)NC2CCc3ccccc32)s1. The zero-order valence-electron chi connectivity index (χ0n) is 11.7. The molecule has 0 aliphatic heterocycles. The molecule has 1 aliphatic carbocycles. The summed E-state index contributed by atoms with van der Waals surface area (Å²) in [5, 5.41) is 8.76. The second kappa shape index (κ2) is 5.83. The Kier molecular flexibility index (Phi) is 4.03. The number of hydrogen-bond acceptors (Lipinski definition) is 4. The predicted octanol–water partition coefficient (Wildman–Crippen LogP) is 2.34. The van der Waals surface area contributed by atoms with Crippen LogP contribution in [-0.2, 0) is 27.7 Å². The quantitative estimate of drug-likeness (QED) is 0.877. The Labute approximate surface area is 132 Å². The summed E-state index contributed by atoms with van der Waals surface area (Å²) in [4.78, 5) is 11.2. The summed E-state index contributed by atoms with van der Waals surface area (Å²) in [6.45, 7) is 0. The number of benzene rings is 1. The first kappa shape index (κ1) is 15.2. The van der Waals surface area contributed by atoms with E-state index in [-0.39, 0.29) is 16.7 Å². The van der Waals surface area contributed by atoms with Gasteiger partial charge in [-0.1, -0.05) is 24.3 Å². The van der Waals surface area contributed by atoms with Crippen molar-refractivity contribution in [3.63, 3.8) is 0 Å². The lowest BCUT2D eigenvalue weighted by molar-refractivity contribution is -0.136. The van der Waals surface area contributed by atoms with Gasteiger partial charge < -0.3 is 5.11 Å². The lowest BCUT2D eigenvalue weighted by Gasteiger charge is -2.13. The average Bonchev–Trinajstić information content (AvgIpc) is 3.06. The highest BCUT2D eigenvalue weighted by molar-refractivity contribution is 7.91. The Hall–Kier alpha value is -1.70. The molecule has 0 saturated carbocycles. The van der Waals surface area contributed by atoms with Crippen LogP contribution in [0.4, 0.5) is 0 Å². The first-order chi connectivity index (χ1) is 10.5. The third-order valence-corrected chi connectivity index (χ3v) is 6.71. The topological polar surface area (TPSA) is 83.5 Å². The molecule has 0 saturated heterocycles. The summed E-state index contributed by atoms with van der Waals surface area (Å²) in [6.07, 6.45) is 1.44. The van der Waals surface area contributed by atoms with E-state index in [0.29, 0.717) is 4.88 Å². The van der Waals surface area contributed by atoms with Crippen molar-refractivity contribution in [2.45, 2.75) is 29.5 Å². The number of aliphatic carboxylic acids is 1. The largest absolute Gasteiger partial charge is 0.481 e. The number of thiophene rings is 1. The molecule has 0 radical (unpaired) electrons. The first-order valence-electron chi connectivity index (χ1n) is 6.86. The number of hydrogen-bond donors (Lipinski definition) is 2. The number of carboxylic acids is 1. The van der Waals surface area contributed by atoms with Crippen LogP contribution in [-0.4, -0.2) is 19.5 Å². The lowest BCUT2D eigenvalue weighted by Crippen LogP contribution is -2.26. The summed E-state index contributed by atoms with van der Waals surface area (Å²) < 4.78 is 27.8. The Morgan fingerprint density at radius 2 is 2.05 bits per heavy atom. The molecule has 0 bridgehead atoms. The van der Waals surface area contributed by atoms with E-state index < -0.39 is 16.0 Å². The minimum Gasteiger partial charge on any atom is -0.481 e. The number of aryl methyl sites for hydroxylation is 1. The van der Waals surface area contributed by atoms with Crippen molar-refractivity contribution >= 4 is 27.3 Å². The van der Waals surface area contributed by atoms with Gasteiger partial charge in [0.05, 0.1) is 6.42 Å². The van der Waals surface area contributed by atoms with Crippen LogP contribution in [0, 0.1) is 0 Å². The van der Waals surface area contributed by atoms with Gasteiger partial charge in [-0.2, -0.15) is 0 Å². The molecule has 2 aromatic rings. The van der Waals surface area contributed by atoms with E-state index in [1.807, 2.05) is 24.3 Å². The van der Waals surface area contributed by atoms with Crippen molar-refractivity contribution in [3.05, 3.63) is 52.4 Å². The molecule has 1 aromatic heterocycles. The van der Waals surface area contributed by atoms with Crippen molar-refractivity contribution in [3.8, 4) is 0 Å². The van der Waals surface area contributed by atoms with E-state index in [0.717, 1.165) is 29.7 Å². The summed E-state index contributed by atoms with van der Waals surface area (Å²) in [5.41, 5.74) is 2.20. The zero-order valence-corrected chi connectivity index (χ0v) is 13.3. The summed E-state index contributed by atoms with van der Waals surface area (Å²) in [6, 6.07) is 10.6. The Balaban J connectivity index is 1.80. The Morgan fingerprint density at radius 3 is 2.82 bits per heavy atom. The predicted molar refractivity (Wildman–Crippen MR) is 83.5 cm³/mol. The maximum absolute atomic E-state index is 12.4. The van der Waals surface area contributed by atoms with Gasteiger partial charge in [-0.05, 0) is 36.1 Å². The number of fused-ring (bicyclic) bond motifs is 1. The third-order valence-electron chi connectivity index (χ3n) is 3.66. The molecule has 0 amide bonds. The molecule has 1 heterocycles. The van der Waals surface area contributed by atoms with Crippen molar-refractivity contribution in [1.82, 2.24) is 4.72 Å². The van der Waals surface area contributed by atoms with Gasteiger partial charge in [-0.15, -0.1) is 11.3 Å². The maximum Gasteiger partial charge on any atom is 0.308 e. The first-order valence-corrected chi connectivity index (χ1v) is 9.16. The molecular weight excluding hydrogens is 322 g/mol. The fourth-order valence-electron chi connectivity index (χ4n) is 2.67. The van der Waals surface area contributed by atoms with Gasteiger partial charge in [0.15, 0.2) is 0 Å². The van der Waals surface area contributed by atoms with E-state index in [4.69, 9.17) is 5.11 Å². The minimum absolute atomic E-state index is 0.160. The Morgan fingerprint density at radius 1 is 1.27 bits per heavy atom. The van der Waals surface area contributed by atoms with Gasteiger partial charge in [0.25, 0.3) is 10.0 Å². The van der Waals surface area contributed by atoms with E-state index in [1.165, 1.54) is 11.6 Å². The number of carboxylic acid groups (broad SMARTS) is 1. The van der Waals surface area contributed by atoms with Crippen LogP contribution in [0.2, 0.25) is 0 Å². The highest BCUT2D eigenvalue weighted by Crippen LogP contribution is 2.33. The van der Waals surface area contributed by atoms with Crippen molar-refractivity contribution in [2.75, 3.05) is 0 Å².